The van der Waals surface area contributed by atoms with Crippen LogP contribution in [0.3, 0.4) is 0 Å². The van der Waals surface area contributed by atoms with E-state index in [2.05, 4.69) is 18.2 Å². The summed E-state index contributed by atoms with van der Waals surface area (Å²) >= 11 is 0. The molecule has 18 heavy (non-hydrogen) atoms. The molecule has 0 radical (unpaired) electrons. The molecule has 2 heteroatoms. The van der Waals surface area contributed by atoms with Gasteiger partial charge in [0.2, 0.25) is 0 Å². The van der Waals surface area contributed by atoms with Crippen molar-refractivity contribution in [2.45, 2.75) is 44.9 Å². The molecule has 1 saturated carbocycles. The van der Waals surface area contributed by atoms with Gasteiger partial charge in [0.05, 0.1) is 6.61 Å². The summed E-state index contributed by atoms with van der Waals surface area (Å²) in [6.07, 6.45) is 7.14. The molecule has 1 heterocycles. The fraction of sp³-hybridized carbons (Fsp3) is 0.562. The molecular weight excluding hydrogens is 224 g/mol. The number of ketones is 1. The summed E-state index contributed by atoms with van der Waals surface area (Å²) < 4.78 is 5.64. The topological polar surface area (TPSA) is 26.3 Å². The quantitative estimate of drug-likeness (QED) is 0.797. The second kappa shape index (κ2) is 5.13. The molecule has 0 N–H and O–H groups in total. The average molecular weight is 244 g/mol. The number of ether oxygens (including phenoxy) is 1. The van der Waals surface area contributed by atoms with Gasteiger partial charge in [-0.3, -0.25) is 4.79 Å². The van der Waals surface area contributed by atoms with E-state index in [1.165, 1.54) is 11.1 Å². The fourth-order valence-electron chi connectivity index (χ4n) is 3.08. The third-order valence-electron chi connectivity index (χ3n) is 4.16. The summed E-state index contributed by atoms with van der Waals surface area (Å²) in [5, 5.41) is 0. The van der Waals surface area contributed by atoms with E-state index in [0.29, 0.717) is 11.7 Å². The Labute approximate surface area is 108 Å². The highest BCUT2D eigenvalue weighted by molar-refractivity contribution is 5.79. The van der Waals surface area contributed by atoms with Crippen molar-refractivity contribution in [2.75, 3.05) is 6.61 Å². The van der Waals surface area contributed by atoms with E-state index in [0.717, 1.165) is 57.3 Å². The molecule has 3 rings (SSSR count). The van der Waals surface area contributed by atoms with Crippen LogP contribution in [0.15, 0.2) is 18.2 Å². The number of benzene rings is 1. The lowest BCUT2D eigenvalue weighted by Crippen LogP contribution is -2.16. The minimum atomic E-state index is 0.449. The smallest absolute Gasteiger partial charge is 0.132 e. The molecule has 0 amide bonds. The predicted octanol–water partition coefficient (Wildman–Crippen LogP) is 3.31. The maximum Gasteiger partial charge on any atom is 0.132 e. The van der Waals surface area contributed by atoms with E-state index in [1.54, 1.807) is 0 Å². The van der Waals surface area contributed by atoms with Crippen LogP contribution < -0.4 is 4.74 Å². The Kier molecular flexibility index (Phi) is 3.35. The van der Waals surface area contributed by atoms with Crippen molar-refractivity contribution in [3.8, 4) is 5.75 Å². The van der Waals surface area contributed by atoms with Gasteiger partial charge in [-0.2, -0.15) is 0 Å². The zero-order chi connectivity index (χ0) is 12.4. The minimum Gasteiger partial charge on any atom is -0.493 e. The van der Waals surface area contributed by atoms with Crippen molar-refractivity contribution >= 4 is 5.78 Å². The largest absolute Gasteiger partial charge is 0.493 e. The van der Waals surface area contributed by atoms with Gasteiger partial charge >= 0.3 is 0 Å². The number of carbonyl (C=O) groups excluding carboxylic acids is 1. The highest BCUT2D eigenvalue weighted by Gasteiger charge is 2.19. The first-order valence-corrected chi connectivity index (χ1v) is 7.07. The third-order valence-corrected chi connectivity index (χ3v) is 4.16. The van der Waals surface area contributed by atoms with Gasteiger partial charge in [0.25, 0.3) is 0 Å². The Morgan fingerprint density at radius 1 is 1.17 bits per heavy atom. The van der Waals surface area contributed by atoms with Gasteiger partial charge in [-0.1, -0.05) is 12.1 Å². The molecule has 96 valence electrons. The third kappa shape index (κ3) is 2.58. The molecule has 0 atom stereocenters. The summed E-state index contributed by atoms with van der Waals surface area (Å²) in [6, 6.07) is 6.63. The lowest BCUT2D eigenvalue weighted by molar-refractivity contribution is -0.121. The molecular formula is C16H20O2. The molecule has 0 aromatic heterocycles. The first kappa shape index (κ1) is 11.8. The molecule has 1 fully saturated rings. The van der Waals surface area contributed by atoms with E-state index in [1.807, 2.05) is 0 Å². The monoisotopic (exact) mass is 244 g/mol. The van der Waals surface area contributed by atoms with Gasteiger partial charge in [0.15, 0.2) is 0 Å². The number of carbonyl (C=O) groups is 1. The Morgan fingerprint density at radius 2 is 2.00 bits per heavy atom. The van der Waals surface area contributed by atoms with Crippen molar-refractivity contribution in [2.24, 2.45) is 5.92 Å². The number of fused-ring (bicyclic) bond motifs is 1. The molecule has 2 nitrogen and oxygen atoms in total. The first-order valence-electron chi connectivity index (χ1n) is 7.07. The number of Topliss-reactive ketones (excluding diaryl/α,β-unsaturated/α-hetero) is 1. The lowest BCUT2D eigenvalue weighted by atomic mass is 9.84. The zero-order valence-electron chi connectivity index (χ0n) is 10.8. The predicted molar refractivity (Wildman–Crippen MR) is 70.9 cm³/mol. The molecule has 1 aromatic rings. The minimum absolute atomic E-state index is 0.449. The summed E-state index contributed by atoms with van der Waals surface area (Å²) in [5.41, 5.74) is 2.78. The van der Waals surface area contributed by atoms with Crippen LogP contribution in [0.1, 0.15) is 43.2 Å². The van der Waals surface area contributed by atoms with Crippen LogP contribution in [-0.4, -0.2) is 12.4 Å². The van der Waals surface area contributed by atoms with Crippen molar-refractivity contribution in [3.05, 3.63) is 29.3 Å². The van der Waals surface area contributed by atoms with Crippen LogP contribution in [0.2, 0.25) is 0 Å². The number of rotatable bonds is 2. The Bertz CT molecular complexity index is 440. The normalized spacial score (nSPS) is 20.3. The highest BCUT2D eigenvalue weighted by atomic mass is 16.5. The number of aryl methyl sites for hydroxylation is 1. The van der Waals surface area contributed by atoms with Crippen LogP contribution in [0.4, 0.5) is 0 Å². The van der Waals surface area contributed by atoms with E-state index in [-0.39, 0.29) is 0 Å². The molecule has 2 aliphatic rings. The van der Waals surface area contributed by atoms with Crippen molar-refractivity contribution in [1.82, 2.24) is 0 Å². The van der Waals surface area contributed by atoms with Gasteiger partial charge in [-0.15, -0.1) is 0 Å². The Hall–Kier alpha value is -1.31. The Morgan fingerprint density at radius 3 is 2.83 bits per heavy atom. The second-order valence-corrected chi connectivity index (χ2v) is 5.58. The molecule has 0 spiro atoms. The number of hydrogen-bond donors (Lipinski definition) is 0. The van der Waals surface area contributed by atoms with Crippen molar-refractivity contribution in [1.29, 1.82) is 0 Å². The van der Waals surface area contributed by atoms with E-state index < -0.39 is 0 Å². The average Bonchev–Trinajstić information content (AvgIpc) is 2.41. The molecule has 1 aliphatic carbocycles. The molecule has 1 aliphatic heterocycles. The van der Waals surface area contributed by atoms with Crippen LogP contribution >= 0.6 is 0 Å². The molecule has 0 unspecified atom stereocenters. The van der Waals surface area contributed by atoms with Crippen LogP contribution in [0.25, 0.3) is 0 Å². The van der Waals surface area contributed by atoms with Gasteiger partial charge in [0.1, 0.15) is 11.5 Å². The number of hydrogen-bond acceptors (Lipinski definition) is 2. The summed E-state index contributed by atoms with van der Waals surface area (Å²) in [4.78, 5) is 11.2. The molecule has 0 bridgehead atoms. The van der Waals surface area contributed by atoms with Gasteiger partial charge < -0.3 is 4.74 Å². The standard InChI is InChI=1S/C16H20O2/c17-15-6-3-12(4-7-15)10-13-5-8-16-14(11-13)2-1-9-18-16/h5,8,11-12H,1-4,6-7,9-10H2. The van der Waals surface area contributed by atoms with Crippen molar-refractivity contribution in [3.63, 3.8) is 0 Å². The zero-order valence-corrected chi connectivity index (χ0v) is 10.8. The van der Waals surface area contributed by atoms with Crippen LogP contribution in [-0.2, 0) is 17.6 Å². The van der Waals surface area contributed by atoms with Gasteiger partial charge in [-0.25, -0.2) is 0 Å². The van der Waals surface area contributed by atoms with Crippen LogP contribution in [0.5, 0.6) is 5.75 Å². The van der Waals surface area contributed by atoms with Gasteiger partial charge in [0, 0.05) is 12.8 Å². The van der Waals surface area contributed by atoms with Crippen molar-refractivity contribution < 1.29 is 9.53 Å². The second-order valence-electron chi connectivity index (χ2n) is 5.58. The van der Waals surface area contributed by atoms with Gasteiger partial charge in [-0.05, 0) is 55.2 Å². The van der Waals surface area contributed by atoms with Crippen LogP contribution in [0, 0.1) is 5.92 Å². The first-order chi connectivity index (χ1) is 8.81. The summed E-state index contributed by atoms with van der Waals surface area (Å²) in [6.45, 7) is 0.858. The van der Waals surface area contributed by atoms with E-state index in [9.17, 15) is 4.79 Å². The molecule has 0 saturated heterocycles. The van der Waals surface area contributed by atoms with E-state index in [4.69, 9.17) is 4.74 Å². The summed E-state index contributed by atoms with van der Waals surface area (Å²) in [5.74, 6) is 2.22. The van der Waals surface area contributed by atoms with E-state index >= 15 is 0 Å². The fourth-order valence-corrected chi connectivity index (χ4v) is 3.08. The maximum absolute atomic E-state index is 11.2. The lowest BCUT2D eigenvalue weighted by Gasteiger charge is -2.22. The molecule has 1 aromatic carbocycles. The Balaban J connectivity index is 1.67. The maximum atomic E-state index is 11.2. The highest BCUT2D eigenvalue weighted by Crippen LogP contribution is 2.29. The SMILES string of the molecule is O=C1CCC(Cc2ccc3c(c2)CCCO3)CC1. The summed E-state index contributed by atoms with van der Waals surface area (Å²) in [7, 11) is 0.